The summed E-state index contributed by atoms with van der Waals surface area (Å²) < 4.78 is 14.1. The lowest BCUT2D eigenvalue weighted by Gasteiger charge is -2.03. The maximum Gasteiger partial charge on any atom is 0.273 e. The van der Waals surface area contributed by atoms with E-state index < -0.39 is 11.6 Å². The van der Waals surface area contributed by atoms with Crippen LogP contribution in [0.2, 0.25) is 10.0 Å². The number of hydrogen-bond donors (Lipinski definition) is 0. The Hall–Kier alpha value is -1.91. The van der Waals surface area contributed by atoms with Crippen LogP contribution in [0, 0.1) is 11.0 Å². The summed E-state index contributed by atoms with van der Waals surface area (Å²) in [5.41, 5.74) is -0.0849. The molecule has 0 spiro atoms. The molecule has 1 aliphatic heterocycles. The lowest BCUT2D eigenvalue weighted by Crippen LogP contribution is -2.17. The monoisotopic (exact) mass is 309 g/mol. The normalized spacial score (nSPS) is 13.8. The zero-order chi connectivity index (χ0) is 14.4. The van der Waals surface area contributed by atoms with Gasteiger partial charge in [0.05, 0.1) is 15.6 Å². The molecule has 0 saturated heterocycles. The summed E-state index contributed by atoms with van der Waals surface area (Å²) in [6.07, 6.45) is 0. The van der Waals surface area contributed by atoms with Crippen molar-refractivity contribution in [3.05, 3.63) is 68.6 Å². The number of nitrogens with zero attached hydrogens (tertiary/aromatic N) is 1. The van der Waals surface area contributed by atoms with Crippen molar-refractivity contribution < 1.29 is 13.9 Å². The van der Waals surface area contributed by atoms with Crippen LogP contribution in [0.25, 0.3) is 0 Å². The smallest absolute Gasteiger partial charge is 0.273 e. The average Bonchev–Trinajstić information content (AvgIpc) is 2.67. The van der Waals surface area contributed by atoms with Gasteiger partial charge in [-0.2, -0.15) is 4.74 Å². The number of ketones is 1. The Bertz CT molecular complexity index is 787. The molecule has 0 aromatic heterocycles. The van der Waals surface area contributed by atoms with E-state index in [2.05, 4.69) is 0 Å². The Balaban J connectivity index is 2.21. The van der Waals surface area contributed by atoms with E-state index in [9.17, 15) is 14.4 Å². The zero-order valence-corrected chi connectivity index (χ0v) is 11.4. The van der Waals surface area contributed by atoms with Gasteiger partial charge in [0.25, 0.3) is 11.5 Å². The van der Waals surface area contributed by atoms with Crippen LogP contribution in [-0.2, 0) is 0 Å². The summed E-state index contributed by atoms with van der Waals surface area (Å²) in [4.78, 5) is 12.2. The van der Waals surface area contributed by atoms with E-state index in [-0.39, 0.29) is 22.0 Å². The maximum absolute atomic E-state index is 13.7. The van der Waals surface area contributed by atoms with Crippen molar-refractivity contribution in [2.24, 2.45) is 0 Å². The fraction of sp³-hybridized carbons (Fsp3) is 0. The minimum Gasteiger partial charge on any atom is -0.618 e. The third-order valence-electron chi connectivity index (χ3n) is 3.05. The Morgan fingerprint density at radius 3 is 2.50 bits per heavy atom. The first-order valence-corrected chi connectivity index (χ1v) is 6.39. The lowest BCUT2D eigenvalue weighted by molar-refractivity contribution is -0.355. The minimum absolute atomic E-state index is 0.00364. The van der Waals surface area contributed by atoms with Gasteiger partial charge in [0.1, 0.15) is 11.4 Å². The topological polar surface area (TPSA) is 43.1 Å². The number of benzene rings is 2. The third kappa shape index (κ3) is 1.80. The summed E-state index contributed by atoms with van der Waals surface area (Å²) in [5, 5.41) is 12.7. The van der Waals surface area contributed by atoms with Crippen molar-refractivity contribution in [2.45, 2.75) is 0 Å². The van der Waals surface area contributed by atoms with Gasteiger partial charge in [-0.05, 0) is 24.3 Å². The van der Waals surface area contributed by atoms with Gasteiger partial charge in [0.2, 0.25) is 5.69 Å². The molecule has 0 radical (unpaired) electrons. The van der Waals surface area contributed by atoms with Crippen LogP contribution >= 0.6 is 23.2 Å². The molecule has 3 rings (SSSR count). The Kier molecular flexibility index (Phi) is 3.00. The fourth-order valence-electron chi connectivity index (χ4n) is 2.13. The van der Waals surface area contributed by atoms with Crippen molar-refractivity contribution in [1.82, 2.24) is 0 Å². The molecule has 0 fully saturated rings. The van der Waals surface area contributed by atoms with Crippen molar-refractivity contribution in [2.75, 3.05) is 0 Å². The first-order valence-electron chi connectivity index (χ1n) is 5.63. The minimum atomic E-state index is -0.719. The highest BCUT2D eigenvalue weighted by molar-refractivity contribution is 6.52. The Morgan fingerprint density at radius 2 is 1.85 bits per heavy atom. The van der Waals surface area contributed by atoms with Crippen LogP contribution in [0.1, 0.15) is 15.9 Å². The summed E-state index contributed by atoms with van der Waals surface area (Å²) in [6, 6.07) is 8.30. The van der Waals surface area contributed by atoms with Crippen LogP contribution < -0.4 is 0 Å². The molecule has 100 valence electrons. The lowest BCUT2D eigenvalue weighted by atomic mass is 10.0. The van der Waals surface area contributed by atoms with Crippen molar-refractivity contribution >= 4 is 40.4 Å². The van der Waals surface area contributed by atoms with Gasteiger partial charge in [-0.1, -0.05) is 29.3 Å². The highest BCUT2D eigenvalue weighted by Gasteiger charge is 2.39. The molecule has 2 aromatic rings. The summed E-state index contributed by atoms with van der Waals surface area (Å²) in [7, 11) is 0. The largest absolute Gasteiger partial charge is 0.618 e. The van der Waals surface area contributed by atoms with Gasteiger partial charge in [-0.15, -0.1) is 0 Å². The maximum atomic E-state index is 13.7. The van der Waals surface area contributed by atoms with Gasteiger partial charge < -0.3 is 5.21 Å². The number of halogens is 3. The molecule has 0 aliphatic carbocycles. The number of carbonyl (C=O) groups excluding carboxylic acids is 1. The second-order valence-electron chi connectivity index (χ2n) is 4.23. The predicted molar refractivity (Wildman–Crippen MR) is 74.6 cm³/mol. The van der Waals surface area contributed by atoms with Crippen molar-refractivity contribution in [1.29, 1.82) is 0 Å². The van der Waals surface area contributed by atoms with Gasteiger partial charge in [0, 0.05) is 6.07 Å². The molecule has 1 heterocycles. The van der Waals surface area contributed by atoms with Crippen LogP contribution in [-0.4, -0.2) is 16.2 Å². The molecule has 0 saturated carbocycles. The summed E-state index contributed by atoms with van der Waals surface area (Å²) in [6.45, 7) is 0. The number of carbonyl (C=O) groups is 1. The highest BCUT2D eigenvalue weighted by atomic mass is 35.5. The van der Waals surface area contributed by atoms with Crippen LogP contribution in [0.3, 0.4) is 0 Å². The fourth-order valence-corrected chi connectivity index (χ4v) is 2.43. The van der Waals surface area contributed by atoms with Crippen molar-refractivity contribution in [3.8, 4) is 0 Å². The summed E-state index contributed by atoms with van der Waals surface area (Å²) >= 11 is 11.7. The predicted octanol–water partition coefficient (Wildman–Crippen LogP) is 3.96. The highest BCUT2D eigenvalue weighted by Crippen LogP contribution is 2.31. The molecule has 2 aromatic carbocycles. The zero-order valence-electron chi connectivity index (χ0n) is 9.86. The number of hydrogen-bond acceptors (Lipinski definition) is 2. The number of fused-ring (bicyclic) bond motifs is 1. The van der Waals surface area contributed by atoms with E-state index in [1.807, 2.05) is 0 Å². The SMILES string of the molecule is O=C1C(c2ccc(Cl)c(Cl)c2)=[N+]([O-])c2cccc(F)c21. The molecule has 0 N–H and O–H groups in total. The van der Waals surface area contributed by atoms with E-state index in [1.54, 1.807) is 0 Å². The third-order valence-corrected chi connectivity index (χ3v) is 3.79. The van der Waals surface area contributed by atoms with Crippen LogP contribution in [0.5, 0.6) is 0 Å². The van der Waals surface area contributed by atoms with E-state index in [1.165, 1.54) is 30.3 Å². The Morgan fingerprint density at radius 1 is 1.10 bits per heavy atom. The second-order valence-corrected chi connectivity index (χ2v) is 5.05. The van der Waals surface area contributed by atoms with Crippen molar-refractivity contribution in [3.63, 3.8) is 0 Å². The summed E-state index contributed by atoms with van der Waals surface area (Å²) in [5.74, 6) is -1.38. The molecular formula is C14H6Cl2FNO2. The van der Waals surface area contributed by atoms with Crippen LogP contribution in [0.15, 0.2) is 36.4 Å². The molecule has 0 unspecified atom stereocenters. The second kappa shape index (κ2) is 4.58. The first-order chi connectivity index (χ1) is 9.50. The molecule has 3 nitrogen and oxygen atoms in total. The molecular weight excluding hydrogens is 304 g/mol. The quantitative estimate of drug-likeness (QED) is 0.591. The van der Waals surface area contributed by atoms with E-state index in [0.717, 1.165) is 6.07 Å². The Labute approximate surface area is 123 Å². The van der Waals surface area contributed by atoms with E-state index in [0.29, 0.717) is 15.3 Å². The molecule has 0 bridgehead atoms. The number of rotatable bonds is 1. The van der Waals surface area contributed by atoms with Gasteiger partial charge >= 0.3 is 0 Å². The van der Waals surface area contributed by atoms with Gasteiger partial charge in [-0.25, -0.2) is 4.39 Å². The number of Topliss-reactive ketones (excluding diaryl/α,β-unsaturated/α-hetero) is 1. The molecule has 1 aliphatic rings. The van der Waals surface area contributed by atoms with Gasteiger partial charge in [0.15, 0.2) is 0 Å². The first kappa shape index (κ1) is 13.1. The molecule has 6 heteroatoms. The molecule has 20 heavy (non-hydrogen) atoms. The van der Waals surface area contributed by atoms with E-state index >= 15 is 0 Å². The molecule has 0 amide bonds. The van der Waals surface area contributed by atoms with Gasteiger partial charge in [-0.3, -0.25) is 4.79 Å². The molecule has 0 atom stereocenters. The van der Waals surface area contributed by atoms with Crippen LogP contribution in [0.4, 0.5) is 10.1 Å². The standard InChI is InChI=1S/C14H6Cl2FNO2/c15-8-5-4-7(6-9(8)16)13-14(19)12-10(17)2-1-3-11(12)18(13)20/h1-6H. The average molecular weight is 310 g/mol. The van der Waals surface area contributed by atoms with E-state index in [4.69, 9.17) is 23.2 Å².